The Bertz CT molecular complexity index is 737. The van der Waals surface area contributed by atoms with Crippen LogP contribution in [0.25, 0.3) is 0 Å². The van der Waals surface area contributed by atoms with E-state index in [4.69, 9.17) is 11.6 Å². The second-order valence-electron chi connectivity index (χ2n) is 4.85. The first-order chi connectivity index (χ1) is 11.5. The number of ether oxygens (including phenoxy) is 1. The van der Waals surface area contributed by atoms with Crippen LogP contribution in [0, 0.1) is 0 Å². The molecule has 1 amide bonds. The number of methoxy groups -OCH3 is 1. The highest BCUT2D eigenvalue weighted by atomic mass is 79.9. The van der Waals surface area contributed by atoms with E-state index in [1.165, 1.54) is 24.9 Å². The Balaban J connectivity index is 1.88. The van der Waals surface area contributed by atoms with Gasteiger partial charge in [0, 0.05) is 15.9 Å². The molecular formula is C17H15BrClNO3S. The Morgan fingerprint density at radius 2 is 1.92 bits per heavy atom. The van der Waals surface area contributed by atoms with Gasteiger partial charge < -0.3 is 10.1 Å². The van der Waals surface area contributed by atoms with Crippen molar-refractivity contribution >= 4 is 56.9 Å². The van der Waals surface area contributed by atoms with Gasteiger partial charge in [0.1, 0.15) is 0 Å². The Morgan fingerprint density at radius 3 is 2.58 bits per heavy atom. The fourth-order valence-corrected chi connectivity index (χ4v) is 3.16. The molecule has 4 nitrogen and oxygen atoms in total. The summed E-state index contributed by atoms with van der Waals surface area (Å²) in [5, 5.41) is 3.03. The van der Waals surface area contributed by atoms with E-state index >= 15 is 0 Å². The fourth-order valence-electron chi connectivity index (χ4n) is 1.91. The molecule has 2 aromatic rings. The molecule has 2 aromatic carbocycles. The van der Waals surface area contributed by atoms with Crippen LogP contribution in [0.2, 0.25) is 5.02 Å². The second-order valence-corrected chi connectivity index (χ2v) is 7.16. The van der Waals surface area contributed by atoms with Gasteiger partial charge in [0.25, 0.3) is 0 Å². The predicted octanol–water partition coefficient (Wildman–Crippen LogP) is 4.76. The van der Waals surface area contributed by atoms with Crippen LogP contribution in [0.5, 0.6) is 0 Å². The lowest BCUT2D eigenvalue weighted by molar-refractivity contribution is -0.113. The Kier molecular flexibility index (Phi) is 7.15. The smallest absolute Gasteiger partial charge is 0.339 e. The number of halogens is 2. The van der Waals surface area contributed by atoms with Gasteiger partial charge >= 0.3 is 5.97 Å². The van der Waals surface area contributed by atoms with Crippen molar-refractivity contribution in [2.75, 3.05) is 18.2 Å². The van der Waals surface area contributed by atoms with E-state index < -0.39 is 5.97 Å². The molecule has 0 fully saturated rings. The van der Waals surface area contributed by atoms with Crippen LogP contribution in [0.1, 0.15) is 15.9 Å². The summed E-state index contributed by atoms with van der Waals surface area (Å²) in [7, 11) is 1.28. The second kappa shape index (κ2) is 9.11. The van der Waals surface area contributed by atoms with Crippen LogP contribution in [0.15, 0.2) is 46.9 Å². The predicted molar refractivity (Wildman–Crippen MR) is 102 cm³/mol. The molecule has 0 atom stereocenters. The number of carbonyl (C=O) groups excluding carboxylic acids is 2. The molecule has 0 aliphatic rings. The first-order valence-corrected chi connectivity index (χ1v) is 9.32. The van der Waals surface area contributed by atoms with Crippen molar-refractivity contribution in [1.82, 2.24) is 0 Å². The molecule has 0 aliphatic carbocycles. The van der Waals surface area contributed by atoms with E-state index in [1.807, 2.05) is 24.3 Å². The lowest BCUT2D eigenvalue weighted by Crippen LogP contribution is -2.15. The molecule has 0 spiro atoms. The van der Waals surface area contributed by atoms with Gasteiger partial charge in [-0.3, -0.25) is 4.79 Å². The van der Waals surface area contributed by atoms with Crippen LogP contribution < -0.4 is 5.32 Å². The summed E-state index contributed by atoms with van der Waals surface area (Å²) in [6.45, 7) is 0. The van der Waals surface area contributed by atoms with Crippen molar-refractivity contribution in [3.63, 3.8) is 0 Å². The average molecular weight is 429 g/mol. The van der Waals surface area contributed by atoms with Crippen LogP contribution in [0.3, 0.4) is 0 Å². The van der Waals surface area contributed by atoms with Crippen LogP contribution in [-0.2, 0) is 15.3 Å². The molecule has 24 heavy (non-hydrogen) atoms. The molecule has 0 saturated carbocycles. The van der Waals surface area contributed by atoms with Crippen molar-refractivity contribution in [3.8, 4) is 0 Å². The average Bonchev–Trinajstić information content (AvgIpc) is 2.57. The first-order valence-electron chi connectivity index (χ1n) is 6.99. The Morgan fingerprint density at radius 1 is 1.21 bits per heavy atom. The largest absolute Gasteiger partial charge is 0.465 e. The lowest BCUT2D eigenvalue weighted by Gasteiger charge is -2.08. The van der Waals surface area contributed by atoms with Gasteiger partial charge in [-0.2, -0.15) is 0 Å². The Labute approximate surface area is 158 Å². The minimum Gasteiger partial charge on any atom is -0.465 e. The van der Waals surface area contributed by atoms with E-state index in [9.17, 15) is 9.59 Å². The van der Waals surface area contributed by atoms with E-state index in [0.717, 1.165) is 15.8 Å². The van der Waals surface area contributed by atoms with Crippen molar-refractivity contribution in [2.24, 2.45) is 0 Å². The van der Waals surface area contributed by atoms with Crippen LogP contribution >= 0.6 is 39.3 Å². The molecule has 0 bridgehead atoms. The maximum atomic E-state index is 12.0. The SMILES string of the molecule is COC(=O)c1cc(NC(=O)CSCc2ccc(Br)cc2)ccc1Cl. The molecular weight excluding hydrogens is 414 g/mol. The van der Waals surface area contributed by atoms with Gasteiger partial charge in [-0.15, -0.1) is 11.8 Å². The third-order valence-electron chi connectivity index (χ3n) is 3.07. The summed E-state index contributed by atoms with van der Waals surface area (Å²) in [5.74, 6) is 0.372. The number of thioether (sulfide) groups is 1. The molecule has 7 heteroatoms. The number of carbonyl (C=O) groups is 2. The number of hydrogen-bond donors (Lipinski definition) is 1. The number of benzene rings is 2. The quantitative estimate of drug-likeness (QED) is 0.674. The number of anilines is 1. The van der Waals surface area contributed by atoms with E-state index in [2.05, 4.69) is 26.0 Å². The number of rotatable bonds is 6. The topological polar surface area (TPSA) is 55.4 Å². The zero-order valence-corrected chi connectivity index (χ0v) is 16.0. The lowest BCUT2D eigenvalue weighted by atomic mass is 10.2. The van der Waals surface area contributed by atoms with Gasteiger partial charge in [0.15, 0.2) is 0 Å². The summed E-state index contributed by atoms with van der Waals surface area (Å²) < 4.78 is 5.68. The van der Waals surface area contributed by atoms with Crippen molar-refractivity contribution in [3.05, 3.63) is 63.1 Å². The summed E-state index contributed by atoms with van der Waals surface area (Å²) >= 11 is 10.8. The van der Waals surface area contributed by atoms with Gasteiger partial charge in [-0.05, 0) is 35.9 Å². The standard InChI is InChI=1S/C17H15BrClNO3S/c1-23-17(22)14-8-13(6-7-15(14)19)20-16(21)10-24-9-11-2-4-12(18)5-3-11/h2-8H,9-10H2,1H3,(H,20,21). The van der Waals surface area contributed by atoms with Gasteiger partial charge in [0.05, 0.1) is 23.4 Å². The summed E-state index contributed by atoms with van der Waals surface area (Å²) in [5.41, 5.74) is 1.88. The maximum Gasteiger partial charge on any atom is 0.339 e. The van der Waals surface area contributed by atoms with Crippen molar-refractivity contribution in [2.45, 2.75) is 5.75 Å². The molecule has 0 heterocycles. The van der Waals surface area contributed by atoms with Crippen LogP contribution in [0.4, 0.5) is 5.69 Å². The number of amides is 1. The van der Waals surface area contributed by atoms with Crippen molar-refractivity contribution in [1.29, 1.82) is 0 Å². The van der Waals surface area contributed by atoms with E-state index in [0.29, 0.717) is 11.4 Å². The molecule has 0 radical (unpaired) electrons. The third kappa shape index (κ3) is 5.54. The summed E-state index contributed by atoms with van der Waals surface area (Å²) in [6, 6.07) is 12.7. The minimum absolute atomic E-state index is 0.143. The number of hydrogen-bond acceptors (Lipinski definition) is 4. The number of esters is 1. The molecule has 126 valence electrons. The van der Waals surface area contributed by atoms with E-state index in [1.54, 1.807) is 12.1 Å². The highest BCUT2D eigenvalue weighted by molar-refractivity contribution is 9.10. The van der Waals surface area contributed by atoms with Gasteiger partial charge in [0.2, 0.25) is 5.91 Å². The molecule has 0 aromatic heterocycles. The Hall–Kier alpha value is -1.50. The zero-order chi connectivity index (χ0) is 17.5. The van der Waals surface area contributed by atoms with Gasteiger partial charge in [-0.25, -0.2) is 4.79 Å². The fraction of sp³-hybridized carbons (Fsp3) is 0.176. The van der Waals surface area contributed by atoms with Crippen molar-refractivity contribution < 1.29 is 14.3 Å². The van der Waals surface area contributed by atoms with Crippen LogP contribution in [-0.4, -0.2) is 24.7 Å². The molecule has 0 saturated heterocycles. The summed E-state index contributed by atoms with van der Waals surface area (Å²) in [4.78, 5) is 23.6. The molecule has 2 rings (SSSR count). The molecule has 0 aliphatic heterocycles. The van der Waals surface area contributed by atoms with Gasteiger partial charge in [-0.1, -0.05) is 39.7 Å². The normalized spacial score (nSPS) is 10.3. The van der Waals surface area contributed by atoms with E-state index in [-0.39, 0.29) is 16.5 Å². The third-order valence-corrected chi connectivity index (χ3v) is 4.93. The highest BCUT2D eigenvalue weighted by Gasteiger charge is 2.12. The number of nitrogens with one attached hydrogen (secondary N) is 1. The summed E-state index contributed by atoms with van der Waals surface area (Å²) in [6.07, 6.45) is 0. The highest BCUT2D eigenvalue weighted by Crippen LogP contribution is 2.22. The molecule has 1 N–H and O–H groups in total. The monoisotopic (exact) mass is 427 g/mol. The zero-order valence-electron chi connectivity index (χ0n) is 12.8. The molecule has 0 unspecified atom stereocenters. The maximum absolute atomic E-state index is 12.0. The minimum atomic E-state index is -0.541. The first kappa shape index (κ1) is 18.8.